The number of anilines is 2. The van der Waals surface area contributed by atoms with E-state index in [1.54, 1.807) is 37.3 Å². The van der Waals surface area contributed by atoms with Crippen molar-refractivity contribution in [2.75, 3.05) is 5.32 Å². The van der Waals surface area contributed by atoms with Crippen LogP contribution < -0.4 is 10.6 Å². The fourth-order valence-electron chi connectivity index (χ4n) is 2.17. The standard InChI is InChI=1S/C17H18N4O2/c1-10(22)12-3-5-13(6-4-12)20-16-9-15(18-11(2)19-16)17(23)21-14-7-8-14/h3-6,9,14H,7-8H2,1-2H3,(H,21,23)(H,18,19,20). The molecule has 1 fully saturated rings. The smallest absolute Gasteiger partial charge is 0.270 e. The molecule has 1 amide bonds. The van der Waals surface area contributed by atoms with Gasteiger partial charge in [0.15, 0.2) is 5.78 Å². The van der Waals surface area contributed by atoms with Crippen LogP contribution in [0.1, 0.15) is 46.4 Å². The Labute approximate surface area is 134 Å². The molecule has 2 N–H and O–H groups in total. The maximum absolute atomic E-state index is 12.1. The highest BCUT2D eigenvalue weighted by Gasteiger charge is 2.24. The minimum absolute atomic E-state index is 0.0217. The summed E-state index contributed by atoms with van der Waals surface area (Å²) in [7, 11) is 0. The minimum Gasteiger partial charge on any atom is -0.348 e. The molecule has 0 bridgehead atoms. The molecule has 0 radical (unpaired) electrons. The maximum Gasteiger partial charge on any atom is 0.270 e. The van der Waals surface area contributed by atoms with E-state index in [0.717, 1.165) is 18.5 Å². The number of Topliss-reactive ketones (excluding diaryl/α,β-unsaturated/α-hetero) is 1. The van der Waals surface area contributed by atoms with Crippen molar-refractivity contribution in [2.45, 2.75) is 32.7 Å². The molecule has 1 aliphatic rings. The molecule has 0 aliphatic heterocycles. The van der Waals surface area contributed by atoms with Crippen molar-refractivity contribution in [3.63, 3.8) is 0 Å². The summed E-state index contributed by atoms with van der Waals surface area (Å²) in [5, 5.41) is 6.05. The van der Waals surface area contributed by atoms with Crippen LogP contribution in [0.2, 0.25) is 0 Å². The number of carbonyl (C=O) groups is 2. The molecule has 1 aliphatic carbocycles. The summed E-state index contributed by atoms with van der Waals surface area (Å²) in [4.78, 5) is 31.9. The molecule has 1 heterocycles. The van der Waals surface area contributed by atoms with Crippen molar-refractivity contribution in [2.24, 2.45) is 0 Å². The Morgan fingerprint density at radius 3 is 2.43 bits per heavy atom. The third kappa shape index (κ3) is 3.91. The van der Waals surface area contributed by atoms with Crippen molar-refractivity contribution in [3.05, 3.63) is 47.4 Å². The molecule has 1 saturated carbocycles. The summed E-state index contributed by atoms with van der Waals surface area (Å²) < 4.78 is 0. The van der Waals surface area contributed by atoms with Crippen LogP contribution >= 0.6 is 0 Å². The molecule has 6 nitrogen and oxygen atoms in total. The van der Waals surface area contributed by atoms with Crippen LogP contribution in [0.15, 0.2) is 30.3 Å². The van der Waals surface area contributed by atoms with E-state index < -0.39 is 0 Å². The second-order valence-corrected chi connectivity index (χ2v) is 5.69. The van der Waals surface area contributed by atoms with Crippen molar-refractivity contribution in [1.82, 2.24) is 15.3 Å². The lowest BCUT2D eigenvalue weighted by atomic mass is 10.1. The van der Waals surface area contributed by atoms with Crippen LogP contribution in [0.25, 0.3) is 0 Å². The van der Waals surface area contributed by atoms with Gasteiger partial charge in [-0.3, -0.25) is 9.59 Å². The van der Waals surface area contributed by atoms with Crippen LogP contribution in [-0.2, 0) is 0 Å². The van der Waals surface area contributed by atoms with Crippen LogP contribution in [0, 0.1) is 6.92 Å². The van der Waals surface area contributed by atoms with Crippen molar-refractivity contribution in [3.8, 4) is 0 Å². The third-order valence-electron chi connectivity index (χ3n) is 3.55. The highest BCUT2D eigenvalue weighted by Crippen LogP contribution is 2.20. The van der Waals surface area contributed by atoms with Crippen molar-refractivity contribution < 1.29 is 9.59 Å². The number of nitrogens with zero attached hydrogens (tertiary/aromatic N) is 2. The maximum atomic E-state index is 12.1. The number of carbonyl (C=O) groups excluding carboxylic acids is 2. The predicted molar refractivity (Wildman–Crippen MR) is 87.0 cm³/mol. The number of aryl methyl sites for hydroxylation is 1. The van der Waals surface area contributed by atoms with Gasteiger partial charge in [0.05, 0.1) is 0 Å². The largest absolute Gasteiger partial charge is 0.348 e. The van der Waals surface area contributed by atoms with Gasteiger partial charge >= 0.3 is 0 Å². The van der Waals surface area contributed by atoms with E-state index in [-0.39, 0.29) is 17.7 Å². The third-order valence-corrected chi connectivity index (χ3v) is 3.55. The van der Waals surface area contributed by atoms with Crippen LogP contribution in [-0.4, -0.2) is 27.7 Å². The minimum atomic E-state index is -0.173. The Bertz CT molecular complexity index is 752. The molecule has 3 rings (SSSR count). The Morgan fingerprint density at radius 1 is 1.13 bits per heavy atom. The van der Waals surface area contributed by atoms with E-state index in [9.17, 15) is 9.59 Å². The zero-order chi connectivity index (χ0) is 16.4. The van der Waals surface area contributed by atoms with Crippen molar-refractivity contribution >= 4 is 23.2 Å². The molecule has 6 heteroatoms. The SMILES string of the molecule is CC(=O)c1ccc(Nc2cc(C(=O)NC3CC3)nc(C)n2)cc1. The first kappa shape index (κ1) is 15.1. The van der Waals surface area contributed by atoms with E-state index in [0.29, 0.717) is 22.9 Å². The lowest BCUT2D eigenvalue weighted by Crippen LogP contribution is -2.26. The second-order valence-electron chi connectivity index (χ2n) is 5.69. The van der Waals surface area contributed by atoms with Gasteiger partial charge < -0.3 is 10.6 Å². The summed E-state index contributed by atoms with van der Waals surface area (Å²) >= 11 is 0. The van der Waals surface area contributed by atoms with Gasteiger partial charge in [-0.1, -0.05) is 0 Å². The number of amides is 1. The average Bonchev–Trinajstić information content (AvgIpc) is 3.31. The predicted octanol–water partition coefficient (Wildman–Crippen LogP) is 2.62. The molecule has 2 aromatic rings. The normalized spacial score (nSPS) is 13.5. The number of aromatic nitrogens is 2. The molecular formula is C17H18N4O2. The highest BCUT2D eigenvalue weighted by atomic mass is 16.2. The van der Waals surface area contributed by atoms with E-state index in [1.807, 2.05) is 0 Å². The van der Waals surface area contributed by atoms with Crippen LogP contribution in [0.3, 0.4) is 0 Å². The van der Waals surface area contributed by atoms with Gasteiger partial charge in [-0.2, -0.15) is 0 Å². The number of benzene rings is 1. The van der Waals surface area contributed by atoms with Gasteiger partial charge in [-0.25, -0.2) is 9.97 Å². The molecule has 0 spiro atoms. The van der Waals surface area contributed by atoms with Gasteiger partial charge in [-0.05, 0) is 51.0 Å². The monoisotopic (exact) mass is 310 g/mol. The van der Waals surface area contributed by atoms with Gasteiger partial charge in [0.2, 0.25) is 0 Å². The number of nitrogens with one attached hydrogen (secondary N) is 2. The molecular weight excluding hydrogens is 292 g/mol. The second kappa shape index (κ2) is 6.16. The highest BCUT2D eigenvalue weighted by molar-refractivity contribution is 5.94. The zero-order valence-corrected chi connectivity index (χ0v) is 13.1. The Balaban J connectivity index is 1.77. The zero-order valence-electron chi connectivity index (χ0n) is 13.1. The fourth-order valence-corrected chi connectivity index (χ4v) is 2.17. The van der Waals surface area contributed by atoms with E-state index in [4.69, 9.17) is 0 Å². The number of hydrogen-bond acceptors (Lipinski definition) is 5. The van der Waals surface area contributed by atoms with E-state index in [2.05, 4.69) is 20.6 Å². The van der Waals surface area contributed by atoms with Gasteiger partial charge in [0, 0.05) is 23.4 Å². The van der Waals surface area contributed by atoms with Gasteiger partial charge in [0.1, 0.15) is 17.3 Å². The van der Waals surface area contributed by atoms with Gasteiger partial charge in [-0.15, -0.1) is 0 Å². The summed E-state index contributed by atoms with van der Waals surface area (Å²) in [6.45, 7) is 3.28. The van der Waals surface area contributed by atoms with Gasteiger partial charge in [0.25, 0.3) is 5.91 Å². The molecule has 0 saturated heterocycles. The summed E-state index contributed by atoms with van der Waals surface area (Å²) in [6.07, 6.45) is 2.06. The van der Waals surface area contributed by atoms with Crippen LogP contribution in [0.5, 0.6) is 0 Å². The number of hydrogen-bond donors (Lipinski definition) is 2. The van der Waals surface area contributed by atoms with E-state index >= 15 is 0 Å². The average molecular weight is 310 g/mol. The Hall–Kier alpha value is -2.76. The summed E-state index contributed by atoms with van der Waals surface area (Å²) in [5.41, 5.74) is 1.80. The molecule has 23 heavy (non-hydrogen) atoms. The number of rotatable bonds is 5. The van der Waals surface area contributed by atoms with Crippen molar-refractivity contribution in [1.29, 1.82) is 0 Å². The fraction of sp³-hybridized carbons (Fsp3) is 0.294. The summed E-state index contributed by atoms with van der Waals surface area (Å²) in [6, 6.07) is 9.02. The molecule has 118 valence electrons. The first-order valence-electron chi connectivity index (χ1n) is 7.56. The lowest BCUT2D eigenvalue weighted by Gasteiger charge is -2.09. The quantitative estimate of drug-likeness (QED) is 0.829. The summed E-state index contributed by atoms with van der Waals surface area (Å²) in [5.74, 6) is 0.923. The Kier molecular flexibility index (Phi) is 4.06. The topological polar surface area (TPSA) is 84.0 Å². The number of ketones is 1. The molecule has 0 atom stereocenters. The van der Waals surface area contributed by atoms with E-state index in [1.165, 1.54) is 6.92 Å². The first-order chi connectivity index (χ1) is 11.0. The van der Waals surface area contributed by atoms with Crippen LogP contribution in [0.4, 0.5) is 11.5 Å². The molecule has 1 aromatic heterocycles. The Morgan fingerprint density at radius 2 is 1.83 bits per heavy atom. The molecule has 1 aromatic carbocycles. The lowest BCUT2D eigenvalue weighted by molar-refractivity contribution is 0.0944. The molecule has 0 unspecified atom stereocenters. The first-order valence-corrected chi connectivity index (χ1v) is 7.56.